The summed E-state index contributed by atoms with van der Waals surface area (Å²) in [6.45, 7) is 41.7. The Labute approximate surface area is 723 Å². The monoisotopic (exact) mass is 1610 g/mol. The Morgan fingerprint density at radius 3 is 1.19 bits per heavy atom. The number of nitrogens with zero attached hydrogens (tertiary/aromatic N) is 4. The molecule has 0 atom stereocenters. The van der Waals surface area contributed by atoms with Crippen LogP contribution in [0.15, 0.2) is 303 Å². The lowest BCUT2D eigenvalue weighted by molar-refractivity contribution is 0.590. The second-order valence-electron chi connectivity index (χ2n) is 40.3. The van der Waals surface area contributed by atoms with Gasteiger partial charge in [-0.25, -0.2) is 0 Å². The summed E-state index contributed by atoms with van der Waals surface area (Å²) in [6, 6.07) is 117. The van der Waals surface area contributed by atoms with Gasteiger partial charge in [0.25, 0.3) is 6.71 Å². The highest BCUT2D eigenvalue weighted by Gasteiger charge is 2.46. The van der Waals surface area contributed by atoms with Gasteiger partial charge in [0.2, 0.25) is 0 Å². The first-order valence-corrected chi connectivity index (χ1v) is 44.4. The molecule has 4 nitrogen and oxygen atoms in total. The van der Waals surface area contributed by atoms with Gasteiger partial charge in [-0.1, -0.05) is 324 Å². The maximum Gasteiger partial charge on any atom is 0.252 e. The second-order valence-corrected chi connectivity index (χ2v) is 41.8. The van der Waals surface area contributed by atoms with Crippen molar-refractivity contribution in [3.63, 3.8) is 0 Å². The number of rotatable bonds is 9. The van der Waals surface area contributed by atoms with Gasteiger partial charge < -0.3 is 18.9 Å². The zero-order valence-electron chi connectivity index (χ0n) is 73.0. The molecule has 0 N–H and O–H groups in total. The van der Waals surface area contributed by atoms with Gasteiger partial charge in [-0.3, -0.25) is 0 Å². The average Bonchev–Trinajstić information content (AvgIpc) is 1.37. The smallest absolute Gasteiger partial charge is 0.252 e. The quantitative estimate of drug-likeness (QED) is 0.134. The van der Waals surface area contributed by atoms with Crippen LogP contribution in [0, 0.1) is 0 Å². The molecule has 121 heavy (non-hydrogen) atoms. The predicted molar refractivity (Wildman–Crippen MR) is 526 cm³/mol. The minimum Gasteiger partial charge on any atom is -0.311 e. The summed E-state index contributed by atoms with van der Waals surface area (Å²) in [7, 11) is 0. The molecule has 0 radical (unpaired) electrons. The van der Waals surface area contributed by atoms with Crippen LogP contribution in [-0.2, 0) is 32.5 Å². The van der Waals surface area contributed by atoms with E-state index < -0.39 is 0 Å². The lowest BCUT2D eigenvalue weighted by atomic mass is 9.33. The molecule has 7 heteroatoms. The Bertz CT molecular complexity index is 7070. The number of thiophene rings is 1. The molecule has 3 aromatic heterocycles. The van der Waals surface area contributed by atoms with E-state index in [-0.39, 0.29) is 39.2 Å². The molecule has 0 saturated heterocycles. The van der Waals surface area contributed by atoms with Crippen molar-refractivity contribution in [2.24, 2.45) is 0 Å². The van der Waals surface area contributed by atoms with E-state index in [2.05, 4.69) is 447 Å². The molecule has 5 heterocycles. The van der Waals surface area contributed by atoms with E-state index in [1.54, 1.807) is 0 Å². The number of hydrogen-bond acceptors (Lipinski definition) is 3. The number of halogens is 1. The molecule has 20 rings (SSSR count). The SMILES string of the molecule is CC(C)(C)c1ccc(N2c3cc(-c4c(-c5cccc6c5sc5ccccc56)cccc4-n4c5ccc(C(C)(C)C)cc5c5cc(C(C)(C)C)ccc54)ccc3B3c4ccc(-n5c6ccc(C(C)(C)C)cc6c6cc(C(C)(C)C)ccc65)cc4N(c4c(-c5ccccc5)cc(C(C)(C)C)cc4-c4ccccc4)c4cc(Cl)cc2c43)c(-c2ccccc2)c1. The third-order valence-corrected chi connectivity index (χ3v) is 27.5. The molecule has 0 saturated carbocycles. The van der Waals surface area contributed by atoms with Crippen LogP contribution in [0.1, 0.15) is 158 Å². The van der Waals surface area contributed by atoms with Gasteiger partial charge in [0, 0.05) is 103 Å². The summed E-state index contributed by atoms with van der Waals surface area (Å²) in [5.41, 5.74) is 35.1. The second kappa shape index (κ2) is 28.1. The summed E-state index contributed by atoms with van der Waals surface area (Å²) >= 11 is 10.2. The maximum absolute atomic E-state index is 8.34. The highest BCUT2D eigenvalue weighted by Crippen LogP contribution is 2.56. The summed E-state index contributed by atoms with van der Waals surface area (Å²) in [5, 5.41) is 8.15. The normalized spacial score (nSPS) is 13.4. The van der Waals surface area contributed by atoms with Crippen LogP contribution >= 0.6 is 22.9 Å². The lowest BCUT2D eigenvalue weighted by Gasteiger charge is -2.45. The molecule has 2 aliphatic rings. The largest absolute Gasteiger partial charge is 0.311 e. The third kappa shape index (κ3) is 13.0. The molecule has 15 aromatic carbocycles. The first kappa shape index (κ1) is 77.7. The van der Waals surface area contributed by atoms with Gasteiger partial charge in [-0.05, 0) is 225 Å². The molecule has 2 aliphatic heterocycles. The molecule has 0 spiro atoms. The first-order valence-electron chi connectivity index (χ1n) is 43.2. The van der Waals surface area contributed by atoms with Crippen LogP contribution in [0.3, 0.4) is 0 Å². The van der Waals surface area contributed by atoms with Gasteiger partial charge >= 0.3 is 0 Å². The standard InChI is InChI=1S/C114H104BClN4S/c1-109(2,3)73-45-53-94(85(59-73)69-32-22-19-23-33-69)119-100-58-72(105-82(84-41-30-40-83-81-38-28-29-43-104(81)121-108(83)84)39-31-42-99(105)118-97-56-48-76(112(10,11)12)62-90(97)91-63-77(113(13,14)15)49-57-98(91)118)44-51-92(100)115-93-52-50-80(117-95-54-46-74(110(4,5)6)60-88(95)89-61-75(111(7,8)9)47-55-96(89)117)68-101(93)120(103-67-79(116)66-102(119)106(103)115)107-86(70-34-24-20-25-35-70)64-78(114(16,17)18)65-87(107)71-36-26-21-27-37-71/h19-68H,1-18H3. The molecule has 596 valence electrons. The first-order chi connectivity index (χ1) is 57.7. The Morgan fingerprint density at radius 2 is 0.678 bits per heavy atom. The van der Waals surface area contributed by atoms with E-state index >= 15 is 0 Å². The van der Waals surface area contributed by atoms with Crippen LogP contribution in [-0.4, -0.2) is 15.8 Å². The van der Waals surface area contributed by atoms with Crippen molar-refractivity contribution >= 4 is 144 Å². The van der Waals surface area contributed by atoms with Gasteiger partial charge in [0.05, 0.1) is 39.1 Å². The van der Waals surface area contributed by atoms with E-state index in [4.69, 9.17) is 11.6 Å². The Kier molecular flexibility index (Phi) is 18.0. The van der Waals surface area contributed by atoms with Crippen molar-refractivity contribution < 1.29 is 0 Å². The van der Waals surface area contributed by atoms with Crippen molar-refractivity contribution in [3.8, 4) is 67.0 Å². The zero-order valence-corrected chi connectivity index (χ0v) is 74.6. The molecule has 0 aliphatic carbocycles. The number of fused-ring (bicyclic) bond motifs is 13. The Morgan fingerprint density at radius 1 is 0.264 bits per heavy atom. The molecule has 0 bridgehead atoms. The van der Waals surface area contributed by atoms with E-state index in [0.717, 1.165) is 107 Å². The van der Waals surface area contributed by atoms with Crippen LogP contribution in [0.5, 0.6) is 0 Å². The van der Waals surface area contributed by atoms with E-state index in [9.17, 15) is 0 Å². The van der Waals surface area contributed by atoms with Crippen LogP contribution < -0.4 is 26.2 Å². The minimum atomic E-state index is -0.318. The van der Waals surface area contributed by atoms with Crippen molar-refractivity contribution in [2.45, 2.75) is 157 Å². The highest BCUT2D eigenvalue weighted by molar-refractivity contribution is 7.26. The lowest BCUT2D eigenvalue weighted by Crippen LogP contribution is -2.61. The molecule has 0 unspecified atom stereocenters. The molecule has 18 aromatic rings. The molecular formula is C114H104BClN4S. The number of aromatic nitrogens is 2. The van der Waals surface area contributed by atoms with Gasteiger partial charge in [-0.2, -0.15) is 0 Å². The fraction of sp³-hybridized carbons (Fsp3) is 0.211. The van der Waals surface area contributed by atoms with Gasteiger partial charge in [-0.15, -0.1) is 11.3 Å². The summed E-state index contributed by atoms with van der Waals surface area (Å²) in [5.74, 6) is 0. The fourth-order valence-corrected chi connectivity index (χ4v) is 20.9. The number of benzene rings is 15. The predicted octanol–water partition coefficient (Wildman–Crippen LogP) is 31.1. The van der Waals surface area contributed by atoms with Gasteiger partial charge in [0.1, 0.15) is 0 Å². The average molecular weight is 1610 g/mol. The zero-order chi connectivity index (χ0) is 84.0. The third-order valence-electron chi connectivity index (χ3n) is 26.1. The Balaban J connectivity index is 0.937. The van der Waals surface area contributed by atoms with E-state index in [1.807, 2.05) is 11.3 Å². The number of anilines is 6. The summed E-state index contributed by atoms with van der Waals surface area (Å²) in [6.07, 6.45) is 0. The minimum absolute atomic E-state index is 0.0784. The van der Waals surface area contributed by atoms with E-state index in [0.29, 0.717) is 5.02 Å². The molecular weight excluding hydrogens is 1500 g/mol. The fourth-order valence-electron chi connectivity index (χ4n) is 19.4. The van der Waals surface area contributed by atoms with Crippen molar-refractivity contribution in [1.29, 1.82) is 0 Å². The van der Waals surface area contributed by atoms with E-state index in [1.165, 1.54) is 108 Å². The van der Waals surface area contributed by atoms with Crippen LogP contribution in [0.4, 0.5) is 34.1 Å². The van der Waals surface area contributed by atoms with Crippen molar-refractivity contribution in [3.05, 3.63) is 342 Å². The summed E-state index contributed by atoms with van der Waals surface area (Å²) < 4.78 is 7.69. The van der Waals surface area contributed by atoms with Gasteiger partial charge in [0.15, 0.2) is 0 Å². The maximum atomic E-state index is 8.34. The highest BCUT2D eigenvalue weighted by atomic mass is 35.5. The topological polar surface area (TPSA) is 16.3 Å². The Hall–Kier alpha value is -11.9. The van der Waals surface area contributed by atoms with Crippen LogP contribution in [0.2, 0.25) is 5.02 Å². The molecule has 0 amide bonds. The van der Waals surface area contributed by atoms with Crippen molar-refractivity contribution in [1.82, 2.24) is 9.13 Å². The summed E-state index contributed by atoms with van der Waals surface area (Å²) in [4.78, 5) is 5.27. The molecule has 0 fully saturated rings. The van der Waals surface area contributed by atoms with Crippen LogP contribution in [0.25, 0.3) is 131 Å². The van der Waals surface area contributed by atoms with Crippen molar-refractivity contribution in [2.75, 3.05) is 9.80 Å². The number of hydrogen-bond donors (Lipinski definition) is 0.